The van der Waals surface area contributed by atoms with E-state index in [4.69, 9.17) is 5.73 Å². The molecule has 17 heavy (non-hydrogen) atoms. The molecule has 1 aromatic heterocycles. The van der Waals surface area contributed by atoms with Crippen molar-refractivity contribution < 1.29 is 4.79 Å². The van der Waals surface area contributed by atoms with Crippen molar-refractivity contribution in [2.24, 2.45) is 11.7 Å². The third-order valence-corrected chi connectivity index (χ3v) is 2.65. The summed E-state index contributed by atoms with van der Waals surface area (Å²) in [5.41, 5.74) is 6.18. The molecule has 5 heteroatoms. The average Bonchev–Trinajstić information content (AvgIpc) is 2.19. The summed E-state index contributed by atoms with van der Waals surface area (Å²) in [6.45, 7) is 5.98. The maximum atomic E-state index is 11.0. The second kappa shape index (κ2) is 6.71. The van der Waals surface area contributed by atoms with Crippen LogP contribution < -0.4 is 5.73 Å². The number of rotatable bonds is 6. The Bertz CT molecular complexity index is 365. The summed E-state index contributed by atoms with van der Waals surface area (Å²) in [4.78, 5) is 17.3. The van der Waals surface area contributed by atoms with E-state index in [-0.39, 0.29) is 12.5 Å². The lowest BCUT2D eigenvalue weighted by Crippen LogP contribution is -2.35. The topological polar surface area (TPSA) is 59.2 Å². The van der Waals surface area contributed by atoms with Gasteiger partial charge in [0.2, 0.25) is 5.91 Å². The molecule has 0 saturated carbocycles. The maximum Gasteiger partial charge on any atom is 0.231 e. The maximum absolute atomic E-state index is 11.0. The molecule has 0 aliphatic carbocycles. The Labute approximate surface area is 110 Å². The fourth-order valence-electron chi connectivity index (χ4n) is 1.65. The molecule has 0 aliphatic rings. The third-order valence-electron chi connectivity index (χ3n) is 2.18. The van der Waals surface area contributed by atoms with Crippen molar-refractivity contribution in [3.63, 3.8) is 0 Å². The molecule has 0 fully saturated rings. The second-order valence-electron chi connectivity index (χ2n) is 4.50. The summed E-state index contributed by atoms with van der Waals surface area (Å²) in [5.74, 6) is 0.188. The first-order valence-electron chi connectivity index (χ1n) is 5.58. The van der Waals surface area contributed by atoms with Crippen LogP contribution in [0.3, 0.4) is 0 Å². The Morgan fingerprint density at radius 2 is 2.24 bits per heavy atom. The third kappa shape index (κ3) is 5.79. The van der Waals surface area contributed by atoms with Crippen LogP contribution in [-0.2, 0) is 11.3 Å². The molecular weight excluding hydrogens is 282 g/mol. The number of primary amides is 1. The summed E-state index contributed by atoms with van der Waals surface area (Å²) in [6, 6.07) is 3.89. The van der Waals surface area contributed by atoms with Gasteiger partial charge < -0.3 is 5.73 Å². The molecule has 0 spiro atoms. The van der Waals surface area contributed by atoms with Crippen molar-refractivity contribution >= 4 is 21.8 Å². The highest BCUT2D eigenvalue weighted by atomic mass is 79.9. The number of halogens is 1. The number of nitrogens with zero attached hydrogens (tertiary/aromatic N) is 2. The SMILES string of the molecule is CC(C)CN(CC(N)=O)Cc1ccc(Br)cn1. The Morgan fingerprint density at radius 1 is 1.53 bits per heavy atom. The van der Waals surface area contributed by atoms with Gasteiger partial charge in [0, 0.05) is 23.8 Å². The monoisotopic (exact) mass is 299 g/mol. The standard InChI is InChI=1S/C12H18BrN3O/c1-9(2)6-16(8-12(14)17)7-11-4-3-10(13)5-15-11/h3-5,9H,6-8H2,1-2H3,(H2,14,17). The van der Waals surface area contributed by atoms with Gasteiger partial charge in [0.15, 0.2) is 0 Å². The lowest BCUT2D eigenvalue weighted by Gasteiger charge is -2.22. The van der Waals surface area contributed by atoms with E-state index in [0.29, 0.717) is 12.5 Å². The van der Waals surface area contributed by atoms with Crippen LogP contribution in [-0.4, -0.2) is 28.9 Å². The predicted octanol–water partition coefficient (Wildman–Crippen LogP) is 1.79. The molecule has 0 bridgehead atoms. The normalized spacial score (nSPS) is 11.1. The quantitative estimate of drug-likeness (QED) is 0.871. The number of hydrogen-bond acceptors (Lipinski definition) is 3. The lowest BCUT2D eigenvalue weighted by molar-refractivity contribution is -0.119. The summed E-state index contributed by atoms with van der Waals surface area (Å²) in [7, 11) is 0. The highest BCUT2D eigenvalue weighted by molar-refractivity contribution is 9.10. The van der Waals surface area contributed by atoms with Crippen molar-refractivity contribution in [3.8, 4) is 0 Å². The molecule has 1 heterocycles. The smallest absolute Gasteiger partial charge is 0.231 e. The molecule has 2 N–H and O–H groups in total. The minimum absolute atomic E-state index is 0.274. The van der Waals surface area contributed by atoms with Crippen LogP contribution in [0.1, 0.15) is 19.5 Å². The molecule has 4 nitrogen and oxygen atoms in total. The lowest BCUT2D eigenvalue weighted by atomic mass is 10.2. The fourth-order valence-corrected chi connectivity index (χ4v) is 1.89. The van der Waals surface area contributed by atoms with E-state index in [1.54, 1.807) is 6.20 Å². The van der Waals surface area contributed by atoms with Gasteiger partial charge in [-0.2, -0.15) is 0 Å². The van der Waals surface area contributed by atoms with Crippen LogP contribution in [0.15, 0.2) is 22.8 Å². The highest BCUT2D eigenvalue weighted by Crippen LogP contribution is 2.10. The van der Waals surface area contributed by atoms with Gasteiger partial charge in [-0.3, -0.25) is 14.7 Å². The van der Waals surface area contributed by atoms with Crippen LogP contribution in [0.4, 0.5) is 0 Å². The van der Waals surface area contributed by atoms with E-state index in [2.05, 4.69) is 34.8 Å². The van der Waals surface area contributed by atoms with Gasteiger partial charge >= 0.3 is 0 Å². The van der Waals surface area contributed by atoms with Crippen molar-refractivity contribution in [3.05, 3.63) is 28.5 Å². The first kappa shape index (κ1) is 14.1. The zero-order valence-corrected chi connectivity index (χ0v) is 11.8. The predicted molar refractivity (Wildman–Crippen MR) is 71.2 cm³/mol. The van der Waals surface area contributed by atoms with Gasteiger partial charge in [-0.05, 0) is 34.0 Å². The van der Waals surface area contributed by atoms with Crippen LogP contribution in [0.5, 0.6) is 0 Å². The first-order chi connectivity index (χ1) is 7.97. The molecule has 0 unspecified atom stereocenters. The molecule has 1 aromatic rings. The highest BCUT2D eigenvalue weighted by Gasteiger charge is 2.11. The first-order valence-corrected chi connectivity index (χ1v) is 6.37. The van der Waals surface area contributed by atoms with Crippen molar-refractivity contribution in [2.75, 3.05) is 13.1 Å². The fraction of sp³-hybridized carbons (Fsp3) is 0.500. The minimum atomic E-state index is -0.303. The molecule has 0 atom stereocenters. The van der Waals surface area contributed by atoms with E-state index < -0.39 is 0 Å². The van der Waals surface area contributed by atoms with Crippen LogP contribution in [0, 0.1) is 5.92 Å². The Morgan fingerprint density at radius 3 is 2.71 bits per heavy atom. The van der Waals surface area contributed by atoms with Crippen molar-refractivity contribution in [1.82, 2.24) is 9.88 Å². The zero-order chi connectivity index (χ0) is 12.8. The van der Waals surface area contributed by atoms with Crippen LogP contribution >= 0.6 is 15.9 Å². The van der Waals surface area contributed by atoms with Gasteiger partial charge in [0.05, 0.1) is 12.2 Å². The van der Waals surface area contributed by atoms with Gasteiger partial charge in [-0.25, -0.2) is 0 Å². The summed E-state index contributed by atoms with van der Waals surface area (Å²) in [5, 5.41) is 0. The Balaban J connectivity index is 2.64. The molecule has 1 amide bonds. The van der Waals surface area contributed by atoms with Crippen molar-refractivity contribution in [1.29, 1.82) is 0 Å². The Hall–Kier alpha value is -0.940. The molecular formula is C12H18BrN3O. The van der Waals surface area contributed by atoms with Crippen LogP contribution in [0.2, 0.25) is 0 Å². The number of aromatic nitrogens is 1. The van der Waals surface area contributed by atoms with E-state index in [0.717, 1.165) is 16.7 Å². The average molecular weight is 300 g/mol. The van der Waals surface area contributed by atoms with Crippen molar-refractivity contribution in [2.45, 2.75) is 20.4 Å². The molecule has 0 aliphatic heterocycles. The van der Waals surface area contributed by atoms with Gasteiger partial charge in [-0.15, -0.1) is 0 Å². The number of hydrogen-bond donors (Lipinski definition) is 1. The molecule has 94 valence electrons. The number of carbonyl (C=O) groups excluding carboxylic acids is 1. The van der Waals surface area contributed by atoms with Gasteiger partial charge in [0.1, 0.15) is 0 Å². The van der Waals surface area contributed by atoms with Gasteiger partial charge in [-0.1, -0.05) is 13.8 Å². The van der Waals surface area contributed by atoms with Crippen LogP contribution in [0.25, 0.3) is 0 Å². The molecule has 0 saturated heterocycles. The molecule has 1 rings (SSSR count). The largest absolute Gasteiger partial charge is 0.369 e. The number of amides is 1. The summed E-state index contributed by atoms with van der Waals surface area (Å²) < 4.78 is 0.951. The second-order valence-corrected chi connectivity index (χ2v) is 5.41. The number of pyridine rings is 1. The van der Waals surface area contributed by atoms with Gasteiger partial charge in [0.25, 0.3) is 0 Å². The molecule has 0 aromatic carbocycles. The zero-order valence-electron chi connectivity index (χ0n) is 10.2. The van der Waals surface area contributed by atoms with E-state index in [1.165, 1.54) is 0 Å². The molecule has 0 radical (unpaired) electrons. The van der Waals surface area contributed by atoms with E-state index in [1.807, 2.05) is 17.0 Å². The number of nitrogens with two attached hydrogens (primary N) is 1. The van der Waals surface area contributed by atoms with E-state index >= 15 is 0 Å². The summed E-state index contributed by atoms with van der Waals surface area (Å²) in [6.07, 6.45) is 1.76. The minimum Gasteiger partial charge on any atom is -0.369 e. The summed E-state index contributed by atoms with van der Waals surface area (Å²) >= 11 is 3.34. The Kier molecular flexibility index (Phi) is 5.58. The van der Waals surface area contributed by atoms with E-state index in [9.17, 15) is 4.79 Å². The number of carbonyl (C=O) groups is 1.